The van der Waals surface area contributed by atoms with Crippen LogP contribution in [0.25, 0.3) is 0 Å². The first-order valence-electron chi connectivity index (χ1n) is 12.6. The Morgan fingerprint density at radius 3 is 2.21 bits per heavy atom. The van der Waals surface area contributed by atoms with E-state index in [1.165, 1.54) is 6.07 Å². The van der Waals surface area contributed by atoms with Gasteiger partial charge in [0, 0.05) is 11.1 Å². The standard InChI is InChI=1S/C28H26F4N2O7S/c1-24(2)25(3)11-12-27(24,41-22(25)36)23(37)40-26(4,15-42(38,39)19-9-6-17(29)7-10-19)21(35)34-18-8-5-16(14-33)20(13-18)28(30,31)32/h5-10,13H,11-12,15H2,1-4H3,(H,34,35)/t25-,26-,27-/m0/s1. The van der Waals surface area contributed by atoms with E-state index in [1.54, 1.807) is 20.8 Å². The molecule has 1 saturated heterocycles. The summed E-state index contributed by atoms with van der Waals surface area (Å²) in [5.41, 5.74) is -9.19. The van der Waals surface area contributed by atoms with Crippen molar-refractivity contribution in [1.82, 2.24) is 0 Å². The van der Waals surface area contributed by atoms with Crippen molar-refractivity contribution in [2.75, 3.05) is 11.1 Å². The van der Waals surface area contributed by atoms with Crippen molar-refractivity contribution in [3.05, 3.63) is 59.4 Å². The van der Waals surface area contributed by atoms with Crippen molar-refractivity contribution in [3.8, 4) is 6.07 Å². The van der Waals surface area contributed by atoms with E-state index in [1.807, 2.05) is 0 Å². The molecule has 224 valence electrons. The summed E-state index contributed by atoms with van der Waals surface area (Å²) >= 11 is 0. The molecule has 1 aliphatic carbocycles. The molecule has 2 bridgehead atoms. The van der Waals surface area contributed by atoms with Crippen LogP contribution in [0.4, 0.5) is 23.2 Å². The maximum atomic E-state index is 13.7. The fourth-order valence-electron chi connectivity index (χ4n) is 5.44. The number of hydrogen-bond acceptors (Lipinski definition) is 8. The van der Waals surface area contributed by atoms with Crippen LogP contribution >= 0.6 is 0 Å². The van der Waals surface area contributed by atoms with E-state index < -0.39 is 89.2 Å². The number of carbonyl (C=O) groups is 3. The van der Waals surface area contributed by atoms with E-state index in [0.29, 0.717) is 6.07 Å². The summed E-state index contributed by atoms with van der Waals surface area (Å²) in [4.78, 5) is 39.6. The highest BCUT2D eigenvalue weighted by Crippen LogP contribution is 2.66. The zero-order chi connectivity index (χ0) is 31.5. The first kappa shape index (κ1) is 31.0. The Morgan fingerprint density at radius 1 is 1.10 bits per heavy atom. The Hall–Kier alpha value is -3.99. The molecule has 4 rings (SSSR count). The van der Waals surface area contributed by atoms with Gasteiger partial charge in [0.15, 0.2) is 9.84 Å². The number of halogens is 4. The summed E-state index contributed by atoms with van der Waals surface area (Å²) in [5.74, 6) is -5.13. The van der Waals surface area contributed by atoms with Crippen LogP contribution in [0.3, 0.4) is 0 Å². The number of anilines is 1. The summed E-state index contributed by atoms with van der Waals surface area (Å²) in [6, 6.07) is 7.29. The number of sulfone groups is 1. The van der Waals surface area contributed by atoms with Crippen molar-refractivity contribution in [3.63, 3.8) is 0 Å². The molecule has 0 aromatic heterocycles. The molecule has 1 N–H and O–H groups in total. The van der Waals surface area contributed by atoms with Gasteiger partial charge in [0.05, 0.1) is 27.5 Å². The lowest BCUT2D eigenvalue weighted by Gasteiger charge is -2.37. The molecule has 0 unspecified atom stereocenters. The molecule has 9 nitrogen and oxygen atoms in total. The fourth-order valence-corrected chi connectivity index (χ4v) is 7.07. The van der Waals surface area contributed by atoms with Crippen LogP contribution in [0.2, 0.25) is 0 Å². The second-order valence-corrected chi connectivity index (χ2v) is 13.3. The molecule has 2 fully saturated rings. The zero-order valence-electron chi connectivity index (χ0n) is 22.9. The first-order valence-corrected chi connectivity index (χ1v) is 14.3. The van der Waals surface area contributed by atoms with Crippen LogP contribution in [-0.2, 0) is 39.9 Å². The van der Waals surface area contributed by atoms with E-state index in [0.717, 1.165) is 43.3 Å². The number of nitrogens with one attached hydrogen (secondary N) is 1. The summed E-state index contributed by atoms with van der Waals surface area (Å²) in [7, 11) is -4.49. The smallest absolute Gasteiger partial charge is 0.417 e. The number of nitrogens with zero attached hydrogens (tertiary/aromatic N) is 1. The van der Waals surface area contributed by atoms with Gasteiger partial charge in [-0.15, -0.1) is 0 Å². The van der Waals surface area contributed by atoms with Crippen molar-refractivity contribution >= 4 is 33.4 Å². The molecule has 1 saturated carbocycles. The van der Waals surface area contributed by atoms with Crippen molar-refractivity contribution in [2.45, 2.75) is 62.8 Å². The third-order valence-electron chi connectivity index (χ3n) is 8.55. The van der Waals surface area contributed by atoms with Crippen LogP contribution in [0.1, 0.15) is 51.7 Å². The lowest BCUT2D eigenvalue weighted by atomic mass is 9.66. The average molecular weight is 611 g/mol. The number of ether oxygens (including phenoxy) is 2. The first-order chi connectivity index (χ1) is 19.2. The molecule has 3 atom stereocenters. The molecule has 1 heterocycles. The lowest BCUT2D eigenvalue weighted by Crippen LogP contribution is -2.56. The average Bonchev–Trinajstić information content (AvgIpc) is 3.18. The quantitative estimate of drug-likeness (QED) is 0.274. The SMILES string of the molecule is CC1(C)[C@@]2(C)CC[C@@]1(C(=O)O[C@@](C)(CS(=O)(=O)c1ccc(F)cc1)C(=O)Nc1ccc(C#N)c(C(F)(F)F)c1)OC2=O. The number of alkyl halides is 3. The van der Waals surface area contributed by atoms with E-state index in [9.17, 15) is 40.4 Å². The Balaban J connectivity index is 1.74. The normalized spacial score (nSPS) is 24.3. The molecule has 42 heavy (non-hydrogen) atoms. The largest absolute Gasteiger partial charge is 0.446 e. The minimum absolute atomic E-state index is 0.0219. The molecular weight excluding hydrogens is 584 g/mol. The lowest BCUT2D eigenvalue weighted by molar-refractivity contribution is -0.193. The summed E-state index contributed by atoms with van der Waals surface area (Å²) in [6.07, 6.45) is -4.69. The van der Waals surface area contributed by atoms with E-state index in [4.69, 9.17) is 14.7 Å². The van der Waals surface area contributed by atoms with Gasteiger partial charge in [0.2, 0.25) is 11.2 Å². The third kappa shape index (κ3) is 4.79. The number of amides is 1. The molecule has 2 aromatic carbocycles. The highest BCUT2D eigenvalue weighted by atomic mass is 32.2. The molecular formula is C28H26F4N2O7S. The second kappa shape index (κ2) is 9.79. The van der Waals surface area contributed by atoms with Crippen LogP contribution < -0.4 is 5.32 Å². The summed E-state index contributed by atoms with van der Waals surface area (Å²) in [5, 5.41) is 11.2. The van der Waals surface area contributed by atoms with Crippen molar-refractivity contribution in [2.24, 2.45) is 10.8 Å². The molecule has 2 aromatic rings. The van der Waals surface area contributed by atoms with E-state index in [2.05, 4.69) is 5.32 Å². The van der Waals surface area contributed by atoms with E-state index >= 15 is 0 Å². The Morgan fingerprint density at radius 2 is 1.71 bits per heavy atom. The summed E-state index contributed by atoms with van der Waals surface area (Å²) in [6.45, 7) is 5.78. The number of hydrogen-bond donors (Lipinski definition) is 1. The van der Waals surface area contributed by atoms with Gasteiger partial charge in [-0.3, -0.25) is 9.59 Å². The fraction of sp³-hybridized carbons (Fsp3) is 0.429. The van der Waals surface area contributed by atoms with Gasteiger partial charge in [-0.05, 0) is 69.2 Å². The minimum Gasteiger partial charge on any atom is -0.446 e. The third-order valence-corrected chi connectivity index (χ3v) is 10.5. The Bertz CT molecular complexity index is 1630. The highest BCUT2D eigenvalue weighted by Gasteiger charge is 2.77. The highest BCUT2D eigenvalue weighted by molar-refractivity contribution is 7.91. The van der Waals surface area contributed by atoms with Crippen LogP contribution in [0, 0.1) is 28.0 Å². The number of benzene rings is 2. The zero-order valence-corrected chi connectivity index (χ0v) is 23.7. The maximum absolute atomic E-state index is 13.7. The molecule has 1 aliphatic heterocycles. The molecule has 0 radical (unpaired) electrons. The van der Waals surface area contributed by atoms with Crippen LogP contribution in [0.15, 0.2) is 47.4 Å². The topological polar surface area (TPSA) is 140 Å². The van der Waals surface area contributed by atoms with Crippen molar-refractivity contribution < 1.29 is 49.8 Å². The second-order valence-electron chi connectivity index (χ2n) is 11.3. The van der Waals surface area contributed by atoms with Gasteiger partial charge >= 0.3 is 18.1 Å². The van der Waals surface area contributed by atoms with Crippen LogP contribution in [-0.4, -0.2) is 43.2 Å². The van der Waals surface area contributed by atoms with Gasteiger partial charge in [-0.2, -0.15) is 18.4 Å². The van der Waals surface area contributed by atoms with Gasteiger partial charge in [0.25, 0.3) is 5.91 Å². The number of fused-ring (bicyclic) bond motifs is 2. The van der Waals surface area contributed by atoms with Crippen molar-refractivity contribution in [1.29, 1.82) is 5.26 Å². The number of esters is 2. The molecule has 0 spiro atoms. The minimum atomic E-state index is -4.96. The predicted octanol–water partition coefficient (Wildman–Crippen LogP) is 4.55. The molecule has 1 amide bonds. The number of rotatable bonds is 7. The van der Waals surface area contributed by atoms with Gasteiger partial charge < -0.3 is 14.8 Å². The number of nitriles is 1. The van der Waals surface area contributed by atoms with Gasteiger partial charge in [0.1, 0.15) is 11.6 Å². The van der Waals surface area contributed by atoms with Gasteiger partial charge in [-0.25, -0.2) is 17.6 Å². The molecule has 14 heteroatoms. The Labute approximate surface area is 238 Å². The van der Waals surface area contributed by atoms with E-state index in [-0.39, 0.29) is 12.8 Å². The predicted molar refractivity (Wildman–Crippen MR) is 138 cm³/mol. The number of carbonyl (C=O) groups excluding carboxylic acids is 3. The maximum Gasteiger partial charge on any atom is 0.417 e. The van der Waals surface area contributed by atoms with Crippen LogP contribution in [0.5, 0.6) is 0 Å². The summed E-state index contributed by atoms with van der Waals surface area (Å²) < 4.78 is 91.7. The monoisotopic (exact) mass is 610 g/mol. The molecule has 2 aliphatic rings. The van der Waals surface area contributed by atoms with Gasteiger partial charge in [-0.1, -0.05) is 13.8 Å². The Kier molecular flexibility index (Phi) is 7.22.